The predicted molar refractivity (Wildman–Crippen MR) is 90.4 cm³/mol. The van der Waals surface area contributed by atoms with Crippen molar-refractivity contribution >= 4 is 6.09 Å². The summed E-state index contributed by atoms with van der Waals surface area (Å²) in [5, 5.41) is 3.07. The fourth-order valence-corrected chi connectivity index (χ4v) is 3.53. The highest BCUT2D eigenvalue weighted by Gasteiger charge is 2.46. The number of carbonyl (C=O) groups excluding carboxylic acids is 1. The standard InChI is InChI=1S/C19H25NO4/c1-2-8-18(9-11-19(12-10-18)23-13-14-24-19)20-17(21)22-15-16-6-4-3-5-7-16/h2-7H,1,8-15H2,(H,20,21). The number of alkyl carbamates (subject to hydrolysis) is 1. The molecule has 3 rings (SSSR count). The van der Waals surface area contributed by atoms with Gasteiger partial charge in [-0.15, -0.1) is 6.58 Å². The molecule has 2 fully saturated rings. The van der Waals surface area contributed by atoms with Crippen LogP contribution in [0.2, 0.25) is 0 Å². The average Bonchev–Trinajstić information content (AvgIpc) is 3.06. The van der Waals surface area contributed by atoms with Crippen molar-refractivity contribution in [3.8, 4) is 0 Å². The number of carbonyl (C=O) groups is 1. The van der Waals surface area contributed by atoms with E-state index in [1.165, 1.54) is 0 Å². The van der Waals surface area contributed by atoms with E-state index in [9.17, 15) is 4.79 Å². The first-order valence-electron chi connectivity index (χ1n) is 8.53. The first kappa shape index (κ1) is 17.0. The van der Waals surface area contributed by atoms with Crippen LogP contribution in [0.25, 0.3) is 0 Å². The molecule has 5 heteroatoms. The van der Waals surface area contributed by atoms with E-state index in [1.54, 1.807) is 0 Å². The third-order valence-corrected chi connectivity index (χ3v) is 4.90. The number of nitrogens with one attached hydrogen (secondary N) is 1. The van der Waals surface area contributed by atoms with Crippen LogP contribution >= 0.6 is 0 Å². The quantitative estimate of drug-likeness (QED) is 0.839. The van der Waals surface area contributed by atoms with Gasteiger partial charge in [-0.1, -0.05) is 36.4 Å². The lowest BCUT2D eigenvalue weighted by atomic mass is 9.76. The van der Waals surface area contributed by atoms with E-state index >= 15 is 0 Å². The molecule has 1 heterocycles. The number of benzene rings is 1. The van der Waals surface area contributed by atoms with Crippen LogP contribution in [0.15, 0.2) is 43.0 Å². The van der Waals surface area contributed by atoms with Crippen LogP contribution in [0.3, 0.4) is 0 Å². The van der Waals surface area contributed by atoms with E-state index in [0.29, 0.717) is 19.6 Å². The smallest absolute Gasteiger partial charge is 0.407 e. The van der Waals surface area contributed by atoms with Gasteiger partial charge in [0.1, 0.15) is 6.61 Å². The predicted octanol–water partition coefficient (Wildman–Crippen LogP) is 3.54. The van der Waals surface area contributed by atoms with Gasteiger partial charge in [-0.2, -0.15) is 0 Å². The van der Waals surface area contributed by atoms with E-state index in [4.69, 9.17) is 14.2 Å². The largest absolute Gasteiger partial charge is 0.445 e. The third-order valence-electron chi connectivity index (χ3n) is 4.90. The van der Waals surface area contributed by atoms with Crippen LogP contribution in [0, 0.1) is 0 Å². The zero-order valence-electron chi connectivity index (χ0n) is 14.0. The molecule has 1 amide bonds. The Morgan fingerprint density at radius 2 is 1.83 bits per heavy atom. The molecular weight excluding hydrogens is 306 g/mol. The molecule has 1 N–H and O–H groups in total. The molecule has 130 valence electrons. The summed E-state index contributed by atoms with van der Waals surface area (Å²) < 4.78 is 16.9. The summed E-state index contributed by atoms with van der Waals surface area (Å²) in [6, 6.07) is 9.67. The summed E-state index contributed by atoms with van der Waals surface area (Å²) in [5.41, 5.74) is 0.650. The molecule has 0 unspecified atom stereocenters. The van der Waals surface area contributed by atoms with Crippen LogP contribution in [0.5, 0.6) is 0 Å². The van der Waals surface area contributed by atoms with Gasteiger partial charge < -0.3 is 19.5 Å². The molecule has 1 saturated heterocycles. The second-order valence-electron chi connectivity index (χ2n) is 6.57. The third kappa shape index (κ3) is 3.97. The van der Waals surface area contributed by atoms with Crippen molar-refractivity contribution in [3.63, 3.8) is 0 Å². The number of rotatable bonds is 5. The molecular formula is C19H25NO4. The SMILES string of the molecule is C=CCC1(NC(=O)OCc2ccccc2)CCC2(CC1)OCCO2. The molecule has 2 aliphatic rings. The topological polar surface area (TPSA) is 56.8 Å². The molecule has 1 saturated carbocycles. The summed E-state index contributed by atoms with van der Waals surface area (Å²) in [4.78, 5) is 12.2. The Hall–Kier alpha value is -1.85. The Morgan fingerprint density at radius 1 is 1.17 bits per heavy atom. The molecule has 0 atom stereocenters. The van der Waals surface area contributed by atoms with Crippen LogP contribution in [-0.2, 0) is 20.8 Å². The van der Waals surface area contributed by atoms with Crippen molar-refractivity contribution in [2.24, 2.45) is 0 Å². The summed E-state index contributed by atoms with van der Waals surface area (Å²) in [7, 11) is 0. The van der Waals surface area contributed by atoms with Crippen molar-refractivity contribution in [2.45, 2.75) is 50.0 Å². The minimum Gasteiger partial charge on any atom is -0.445 e. The van der Waals surface area contributed by atoms with E-state index in [2.05, 4.69) is 11.9 Å². The van der Waals surface area contributed by atoms with Crippen LogP contribution in [-0.4, -0.2) is 30.6 Å². The lowest BCUT2D eigenvalue weighted by Gasteiger charge is -2.43. The highest BCUT2D eigenvalue weighted by atomic mass is 16.7. The monoisotopic (exact) mass is 331 g/mol. The van der Waals surface area contributed by atoms with Gasteiger partial charge in [0.15, 0.2) is 5.79 Å². The molecule has 1 aliphatic heterocycles. The first-order chi connectivity index (χ1) is 11.7. The minimum absolute atomic E-state index is 0.271. The van der Waals surface area contributed by atoms with Crippen molar-refractivity contribution in [2.75, 3.05) is 13.2 Å². The van der Waals surface area contributed by atoms with Gasteiger partial charge >= 0.3 is 6.09 Å². The molecule has 0 bridgehead atoms. The molecule has 1 spiro atoms. The number of amides is 1. The molecule has 0 radical (unpaired) electrons. The maximum Gasteiger partial charge on any atom is 0.407 e. The number of hydrogen-bond acceptors (Lipinski definition) is 4. The fraction of sp³-hybridized carbons (Fsp3) is 0.526. The zero-order valence-corrected chi connectivity index (χ0v) is 14.0. The van der Waals surface area contributed by atoms with Crippen LogP contribution < -0.4 is 5.32 Å². The maximum absolute atomic E-state index is 12.2. The lowest BCUT2D eigenvalue weighted by molar-refractivity contribution is -0.185. The molecule has 1 aliphatic carbocycles. The Kier molecular flexibility index (Phi) is 5.21. The fourth-order valence-electron chi connectivity index (χ4n) is 3.53. The molecule has 24 heavy (non-hydrogen) atoms. The Bertz CT molecular complexity index is 556. The second kappa shape index (κ2) is 7.36. The van der Waals surface area contributed by atoms with E-state index < -0.39 is 5.79 Å². The lowest BCUT2D eigenvalue weighted by Crippen LogP contribution is -2.54. The van der Waals surface area contributed by atoms with Gasteiger partial charge in [-0.3, -0.25) is 0 Å². The minimum atomic E-state index is -0.444. The summed E-state index contributed by atoms with van der Waals surface area (Å²) in [5.74, 6) is -0.444. The van der Waals surface area contributed by atoms with Crippen LogP contribution in [0.1, 0.15) is 37.7 Å². The van der Waals surface area contributed by atoms with Gasteiger partial charge in [0.2, 0.25) is 0 Å². The highest BCUT2D eigenvalue weighted by molar-refractivity contribution is 5.68. The van der Waals surface area contributed by atoms with Crippen molar-refractivity contribution < 1.29 is 19.0 Å². The van der Waals surface area contributed by atoms with Gasteiger partial charge in [-0.25, -0.2) is 4.79 Å². The molecule has 1 aromatic carbocycles. The molecule has 5 nitrogen and oxygen atoms in total. The second-order valence-corrected chi connectivity index (χ2v) is 6.57. The van der Waals surface area contributed by atoms with Crippen molar-refractivity contribution in [3.05, 3.63) is 48.6 Å². The van der Waals surface area contributed by atoms with Gasteiger partial charge in [0, 0.05) is 18.4 Å². The van der Waals surface area contributed by atoms with E-state index in [-0.39, 0.29) is 18.2 Å². The van der Waals surface area contributed by atoms with E-state index in [0.717, 1.165) is 31.2 Å². The summed E-state index contributed by atoms with van der Waals surface area (Å²) >= 11 is 0. The normalized spacial score (nSPS) is 21.3. The van der Waals surface area contributed by atoms with E-state index in [1.807, 2.05) is 36.4 Å². The Morgan fingerprint density at radius 3 is 2.46 bits per heavy atom. The van der Waals surface area contributed by atoms with Crippen molar-refractivity contribution in [1.82, 2.24) is 5.32 Å². The van der Waals surface area contributed by atoms with Crippen LogP contribution in [0.4, 0.5) is 4.79 Å². The summed E-state index contributed by atoms with van der Waals surface area (Å²) in [6.45, 7) is 5.41. The first-order valence-corrected chi connectivity index (χ1v) is 8.53. The van der Waals surface area contributed by atoms with Gasteiger partial charge in [0.05, 0.1) is 13.2 Å². The van der Waals surface area contributed by atoms with Crippen molar-refractivity contribution in [1.29, 1.82) is 0 Å². The zero-order chi connectivity index (χ0) is 16.9. The summed E-state index contributed by atoms with van der Waals surface area (Å²) in [6.07, 6.45) is 5.32. The molecule has 0 aromatic heterocycles. The number of ether oxygens (including phenoxy) is 3. The number of hydrogen-bond donors (Lipinski definition) is 1. The Balaban J connectivity index is 1.55. The van der Waals surface area contributed by atoms with Gasteiger partial charge in [-0.05, 0) is 24.8 Å². The van der Waals surface area contributed by atoms with Gasteiger partial charge in [0.25, 0.3) is 0 Å². The average molecular weight is 331 g/mol. The Labute approximate surface area is 143 Å². The maximum atomic E-state index is 12.2. The highest BCUT2D eigenvalue weighted by Crippen LogP contribution is 2.41. The molecule has 1 aromatic rings.